The van der Waals surface area contributed by atoms with Crippen LogP contribution in [0.25, 0.3) is 11.0 Å². The number of nitrogens with two attached hydrogens (primary N) is 1. The van der Waals surface area contributed by atoms with Crippen LogP contribution in [0.2, 0.25) is 0 Å². The summed E-state index contributed by atoms with van der Waals surface area (Å²) in [4.78, 5) is 4.75. The van der Waals surface area contributed by atoms with Gasteiger partial charge in [-0.3, -0.25) is 0 Å². The predicted octanol–water partition coefficient (Wildman–Crippen LogP) is 4.32. The molecule has 0 saturated carbocycles. The monoisotopic (exact) mass is 259 g/mol. The van der Waals surface area contributed by atoms with Crippen LogP contribution in [0.5, 0.6) is 0 Å². The highest BCUT2D eigenvalue weighted by molar-refractivity contribution is 5.87. The number of benzene rings is 1. The van der Waals surface area contributed by atoms with E-state index < -0.39 is 0 Å². The molecule has 1 heterocycles. The Morgan fingerprint density at radius 1 is 1.21 bits per heavy atom. The zero-order valence-corrected chi connectivity index (χ0v) is 12.3. The first-order chi connectivity index (χ1) is 9.15. The van der Waals surface area contributed by atoms with Crippen molar-refractivity contribution in [2.24, 2.45) is 0 Å². The van der Waals surface area contributed by atoms with Crippen LogP contribution >= 0.6 is 0 Å². The van der Waals surface area contributed by atoms with E-state index in [-0.39, 0.29) is 0 Å². The molecule has 3 nitrogen and oxygen atoms in total. The van der Waals surface area contributed by atoms with Gasteiger partial charge in [0.25, 0.3) is 0 Å². The molecule has 0 saturated heterocycles. The quantitative estimate of drug-likeness (QED) is 0.620. The summed E-state index contributed by atoms with van der Waals surface area (Å²) in [6, 6.07) is 6.08. The number of fused-ring (bicyclic) bond motifs is 1. The molecule has 104 valence electrons. The van der Waals surface area contributed by atoms with Gasteiger partial charge in [-0.05, 0) is 18.6 Å². The molecular weight excluding hydrogens is 234 g/mol. The molecule has 0 atom stereocenters. The van der Waals surface area contributed by atoms with E-state index in [1.165, 1.54) is 31.2 Å². The van der Waals surface area contributed by atoms with E-state index in [1.54, 1.807) is 0 Å². The van der Waals surface area contributed by atoms with Gasteiger partial charge in [-0.2, -0.15) is 0 Å². The van der Waals surface area contributed by atoms with Crippen LogP contribution in [0.3, 0.4) is 0 Å². The van der Waals surface area contributed by atoms with Crippen molar-refractivity contribution < 1.29 is 0 Å². The number of aryl methyl sites for hydroxylation is 1. The van der Waals surface area contributed by atoms with E-state index in [4.69, 9.17) is 10.7 Å². The minimum atomic E-state index is 0.429. The number of nitrogens with zero attached hydrogens (tertiary/aromatic N) is 2. The Labute approximate surface area is 115 Å². The van der Waals surface area contributed by atoms with E-state index in [1.807, 2.05) is 12.1 Å². The lowest BCUT2D eigenvalue weighted by Crippen LogP contribution is -2.05. The number of hydrogen-bond donors (Lipinski definition) is 1. The molecule has 0 radical (unpaired) electrons. The van der Waals surface area contributed by atoms with Gasteiger partial charge in [0.05, 0.1) is 11.2 Å². The minimum Gasteiger partial charge on any atom is -0.397 e. The van der Waals surface area contributed by atoms with Crippen molar-refractivity contribution in [3.63, 3.8) is 0 Å². The predicted molar refractivity (Wildman–Crippen MR) is 82.4 cm³/mol. The molecule has 2 aromatic rings. The van der Waals surface area contributed by atoms with E-state index in [0.29, 0.717) is 5.92 Å². The highest BCUT2D eigenvalue weighted by Gasteiger charge is 2.14. The van der Waals surface area contributed by atoms with Crippen LogP contribution < -0.4 is 5.73 Å². The van der Waals surface area contributed by atoms with Crippen molar-refractivity contribution in [1.29, 1.82) is 0 Å². The van der Waals surface area contributed by atoms with Gasteiger partial charge < -0.3 is 10.3 Å². The molecule has 0 unspecified atom stereocenters. The van der Waals surface area contributed by atoms with Crippen LogP contribution in [0, 0.1) is 0 Å². The lowest BCUT2D eigenvalue weighted by atomic mass is 10.2. The Kier molecular flexibility index (Phi) is 4.46. The summed E-state index contributed by atoms with van der Waals surface area (Å²) >= 11 is 0. The van der Waals surface area contributed by atoms with Gasteiger partial charge >= 0.3 is 0 Å². The second kappa shape index (κ2) is 6.09. The normalized spacial score (nSPS) is 11.6. The third-order valence-electron chi connectivity index (χ3n) is 3.59. The van der Waals surface area contributed by atoms with E-state index in [0.717, 1.165) is 23.6 Å². The molecule has 0 aliphatic rings. The minimum absolute atomic E-state index is 0.429. The summed E-state index contributed by atoms with van der Waals surface area (Å²) < 4.78 is 2.35. The van der Waals surface area contributed by atoms with Gasteiger partial charge in [0, 0.05) is 12.5 Å². The number of imidazole rings is 1. The Morgan fingerprint density at radius 3 is 2.68 bits per heavy atom. The fraction of sp³-hybridized carbons (Fsp3) is 0.562. The van der Waals surface area contributed by atoms with Crippen LogP contribution in [0.15, 0.2) is 18.2 Å². The van der Waals surface area contributed by atoms with Gasteiger partial charge in [0.2, 0.25) is 0 Å². The van der Waals surface area contributed by atoms with Crippen molar-refractivity contribution in [2.75, 3.05) is 5.73 Å². The number of aromatic nitrogens is 2. The maximum absolute atomic E-state index is 6.04. The van der Waals surface area contributed by atoms with Gasteiger partial charge in [-0.1, -0.05) is 46.1 Å². The third kappa shape index (κ3) is 2.91. The van der Waals surface area contributed by atoms with E-state index in [9.17, 15) is 0 Å². The maximum atomic E-state index is 6.04. The highest BCUT2D eigenvalue weighted by atomic mass is 15.1. The molecule has 0 spiro atoms. The second-order valence-electron chi connectivity index (χ2n) is 5.55. The average molecular weight is 259 g/mol. The molecule has 0 bridgehead atoms. The molecular formula is C16H25N3. The van der Waals surface area contributed by atoms with Crippen LogP contribution in [-0.2, 0) is 6.54 Å². The average Bonchev–Trinajstić information content (AvgIpc) is 2.75. The lowest BCUT2D eigenvalue weighted by molar-refractivity contribution is 0.562. The van der Waals surface area contributed by atoms with E-state index in [2.05, 4.69) is 31.4 Å². The van der Waals surface area contributed by atoms with Crippen molar-refractivity contribution in [1.82, 2.24) is 9.55 Å². The Morgan fingerprint density at radius 2 is 2.00 bits per heavy atom. The number of nitrogen functional groups attached to an aromatic ring is 1. The maximum Gasteiger partial charge on any atom is 0.112 e. The number of hydrogen-bond acceptors (Lipinski definition) is 2. The first-order valence-corrected chi connectivity index (χ1v) is 7.39. The van der Waals surface area contributed by atoms with Crippen LogP contribution in [-0.4, -0.2) is 9.55 Å². The fourth-order valence-electron chi connectivity index (χ4n) is 2.56. The Balaban J connectivity index is 2.33. The molecule has 1 aromatic carbocycles. The Bertz CT molecular complexity index is 540. The first-order valence-electron chi connectivity index (χ1n) is 7.39. The summed E-state index contributed by atoms with van der Waals surface area (Å²) in [5.41, 5.74) is 8.96. The molecule has 2 rings (SSSR count). The molecule has 2 N–H and O–H groups in total. The zero-order valence-electron chi connectivity index (χ0n) is 12.3. The molecule has 0 amide bonds. The standard InChI is InChI=1S/C16H25N3/c1-4-5-6-7-11-19-14-10-8-9-13(17)15(14)18-16(19)12(2)3/h8-10,12H,4-7,11,17H2,1-3H3. The SMILES string of the molecule is CCCCCCn1c(C(C)C)nc2c(N)cccc21. The number of anilines is 1. The van der Waals surface area contributed by atoms with Crippen molar-refractivity contribution in [2.45, 2.75) is 58.9 Å². The second-order valence-corrected chi connectivity index (χ2v) is 5.55. The summed E-state index contributed by atoms with van der Waals surface area (Å²) in [6.45, 7) is 7.68. The number of para-hydroxylation sites is 1. The molecule has 3 heteroatoms. The molecule has 1 aromatic heterocycles. The van der Waals surface area contributed by atoms with Crippen LogP contribution in [0.1, 0.15) is 58.2 Å². The Hall–Kier alpha value is -1.51. The summed E-state index contributed by atoms with van der Waals surface area (Å²) in [5.74, 6) is 1.59. The topological polar surface area (TPSA) is 43.8 Å². The van der Waals surface area contributed by atoms with Gasteiger partial charge in [0.15, 0.2) is 0 Å². The third-order valence-corrected chi connectivity index (χ3v) is 3.59. The van der Waals surface area contributed by atoms with E-state index >= 15 is 0 Å². The first kappa shape index (κ1) is 13.9. The van der Waals surface area contributed by atoms with Crippen molar-refractivity contribution in [3.8, 4) is 0 Å². The molecule has 19 heavy (non-hydrogen) atoms. The summed E-state index contributed by atoms with van der Waals surface area (Å²) in [6.07, 6.45) is 5.09. The van der Waals surface area contributed by atoms with Gasteiger partial charge in [-0.15, -0.1) is 0 Å². The van der Waals surface area contributed by atoms with Crippen LogP contribution in [0.4, 0.5) is 5.69 Å². The van der Waals surface area contributed by atoms with Crippen molar-refractivity contribution >= 4 is 16.7 Å². The molecule has 0 aliphatic carbocycles. The largest absolute Gasteiger partial charge is 0.397 e. The fourth-order valence-corrected chi connectivity index (χ4v) is 2.56. The van der Waals surface area contributed by atoms with Gasteiger partial charge in [-0.25, -0.2) is 4.98 Å². The highest BCUT2D eigenvalue weighted by Crippen LogP contribution is 2.26. The molecule has 0 fully saturated rings. The number of rotatable bonds is 6. The lowest BCUT2D eigenvalue weighted by Gasteiger charge is -2.11. The zero-order chi connectivity index (χ0) is 13.8. The van der Waals surface area contributed by atoms with Gasteiger partial charge in [0.1, 0.15) is 11.3 Å². The smallest absolute Gasteiger partial charge is 0.112 e. The molecule has 0 aliphatic heterocycles. The van der Waals surface area contributed by atoms with Crippen molar-refractivity contribution in [3.05, 3.63) is 24.0 Å². The number of unbranched alkanes of at least 4 members (excludes halogenated alkanes) is 3. The summed E-state index contributed by atoms with van der Waals surface area (Å²) in [5, 5.41) is 0. The summed E-state index contributed by atoms with van der Waals surface area (Å²) in [7, 11) is 0.